The standard InChI is InChI=1S/C13H19N5O3/c1-9(8-17-4-2-3-5-17)16-13(19)10-6-12(14)15-7-11(10)18(20)21/h6-7,9H,2-5,8H2,1H3,(H2,14,15)(H,16,19). The monoisotopic (exact) mass is 293 g/mol. The summed E-state index contributed by atoms with van der Waals surface area (Å²) in [5, 5.41) is 13.7. The molecule has 1 amide bonds. The molecule has 8 heteroatoms. The van der Waals surface area contributed by atoms with Gasteiger partial charge in [0.25, 0.3) is 11.6 Å². The number of hydrogen-bond donors (Lipinski definition) is 2. The lowest BCUT2D eigenvalue weighted by atomic mass is 10.2. The average Bonchev–Trinajstić information content (AvgIpc) is 2.90. The van der Waals surface area contributed by atoms with Crippen molar-refractivity contribution in [2.75, 3.05) is 25.4 Å². The smallest absolute Gasteiger partial charge is 0.300 e. The van der Waals surface area contributed by atoms with E-state index in [9.17, 15) is 14.9 Å². The Morgan fingerprint density at radius 1 is 1.57 bits per heavy atom. The molecule has 1 fully saturated rings. The van der Waals surface area contributed by atoms with Crippen molar-refractivity contribution < 1.29 is 9.72 Å². The average molecular weight is 293 g/mol. The van der Waals surface area contributed by atoms with Crippen LogP contribution in [-0.2, 0) is 0 Å². The fourth-order valence-electron chi connectivity index (χ4n) is 2.49. The van der Waals surface area contributed by atoms with Crippen LogP contribution in [0.25, 0.3) is 0 Å². The second-order valence-electron chi connectivity index (χ2n) is 5.27. The molecule has 0 spiro atoms. The lowest BCUT2D eigenvalue weighted by molar-refractivity contribution is -0.385. The molecule has 1 aromatic rings. The number of nitrogens with two attached hydrogens (primary N) is 1. The summed E-state index contributed by atoms with van der Waals surface area (Å²) in [5.74, 6) is -0.416. The highest BCUT2D eigenvalue weighted by atomic mass is 16.6. The molecule has 8 nitrogen and oxygen atoms in total. The molecule has 1 aliphatic rings. The molecule has 0 saturated carbocycles. The number of nitrogens with zero attached hydrogens (tertiary/aromatic N) is 3. The van der Waals surface area contributed by atoms with E-state index in [2.05, 4.69) is 15.2 Å². The maximum absolute atomic E-state index is 12.2. The predicted molar refractivity (Wildman–Crippen MR) is 77.9 cm³/mol. The Labute approximate surface area is 122 Å². The zero-order chi connectivity index (χ0) is 15.4. The van der Waals surface area contributed by atoms with Gasteiger partial charge in [-0.3, -0.25) is 14.9 Å². The number of anilines is 1. The fraction of sp³-hybridized carbons (Fsp3) is 0.538. The number of pyridine rings is 1. The Hall–Kier alpha value is -2.22. The SMILES string of the molecule is CC(CN1CCCC1)NC(=O)c1cc(N)ncc1[N+](=O)[O-]. The molecule has 3 N–H and O–H groups in total. The van der Waals surface area contributed by atoms with Crippen molar-refractivity contribution in [2.45, 2.75) is 25.8 Å². The van der Waals surface area contributed by atoms with Crippen LogP contribution in [0.15, 0.2) is 12.3 Å². The van der Waals surface area contributed by atoms with Gasteiger partial charge in [-0.05, 0) is 38.9 Å². The van der Waals surface area contributed by atoms with Gasteiger partial charge in [0.2, 0.25) is 0 Å². The number of hydrogen-bond acceptors (Lipinski definition) is 6. The van der Waals surface area contributed by atoms with E-state index in [0.717, 1.165) is 25.8 Å². The maximum Gasteiger partial charge on any atom is 0.300 e. The molecule has 1 aromatic heterocycles. The zero-order valence-electron chi connectivity index (χ0n) is 11.9. The molecule has 1 aliphatic heterocycles. The van der Waals surface area contributed by atoms with Crippen molar-refractivity contribution in [3.05, 3.63) is 27.9 Å². The number of nitrogen functional groups attached to an aromatic ring is 1. The highest BCUT2D eigenvalue weighted by Gasteiger charge is 2.23. The van der Waals surface area contributed by atoms with E-state index >= 15 is 0 Å². The number of carbonyl (C=O) groups is 1. The van der Waals surface area contributed by atoms with Crippen molar-refractivity contribution in [1.82, 2.24) is 15.2 Å². The first-order valence-corrected chi connectivity index (χ1v) is 6.90. The van der Waals surface area contributed by atoms with Gasteiger partial charge in [-0.25, -0.2) is 4.98 Å². The lowest BCUT2D eigenvalue weighted by Crippen LogP contribution is -2.41. The van der Waals surface area contributed by atoms with Gasteiger partial charge in [-0.1, -0.05) is 0 Å². The van der Waals surface area contributed by atoms with Crippen LogP contribution in [0.5, 0.6) is 0 Å². The number of carbonyl (C=O) groups excluding carboxylic acids is 1. The summed E-state index contributed by atoms with van der Waals surface area (Å²) >= 11 is 0. The van der Waals surface area contributed by atoms with E-state index in [1.807, 2.05) is 6.92 Å². The van der Waals surface area contributed by atoms with Gasteiger partial charge in [-0.2, -0.15) is 0 Å². The summed E-state index contributed by atoms with van der Waals surface area (Å²) in [6.45, 7) is 4.68. The molecule has 2 heterocycles. The molecule has 0 aromatic carbocycles. The lowest BCUT2D eigenvalue weighted by Gasteiger charge is -2.21. The highest BCUT2D eigenvalue weighted by molar-refractivity contribution is 5.98. The zero-order valence-corrected chi connectivity index (χ0v) is 11.9. The van der Waals surface area contributed by atoms with E-state index in [1.165, 1.54) is 18.9 Å². The summed E-state index contributed by atoms with van der Waals surface area (Å²) in [4.78, 5) is 28.4. The minimum Gasteiger partial charge on any atom is -0.384 e. The first kappa shape index (κ1) is 15.2. The summed E-state index contributed by atoms with van der Waals surface area (Å²) in [6.07, 6.45) is 3.36. The quantitative estimate of drug-likeness (QED) is 0.612. The Morgan fingerprint density at radius 3 is 2.86 bits per heavy atom. The van der Waals surface area contributed by atoms with Crippen LogP contribution in [-0.4, -0.2) is 46.4 Å². The van der Waals surface area contributed by atoms with Crippen molar-refractivity contribution in [3.63, 3.8) is 0 Å². The first-order valence-electron chi connectivity index (χ1n) is 6.90. The van der Waals surface area contributed by atoms with Crippen LogP contribution in [0.4, 0.5) is 11.5 Å². The Morgan fingerprint density at radius 2 is 2.24 bits per heavy atom. The van der Waals surface area contributed by atoms with Crippen LogP contribution in [0.2, 0.25) is 0 Å². The Bertz CT molecular complexity index is 543. The Balaban J connectivity index is 2.05. The molecular weight excluding hydrogens is 274 g/mol. The van der Waals surface area contributed by atoms with Crippen LogP contribution >= 0.6 is 0 Å². The molecule has 1 atom stereocenters. The van der Waals surface area contributed by atoms with Gasteiger partial charge in [0, 0.05) is 12.6 Å². The van der Waals surface area contributed by atoms with Crippen molar-refractivity contribution in [1.29, 1.82) is 0 Å². The van der Waals surface area contributed by atoms with Gasteiger partial charge < -0.3 is 16.0 Å². The van der Waals surface area contributed by atoms with Gasteiger partial charge in [0.05, 0.1) is 4.92 Å². The number of likely N-dealkylation sites (tertiary alicyclic amines) is 1. The van der Waals surface area contributed by atoms with Crippen LogP contribution in [0.3, 0.4) is 0 Å². The topological polar surface area (TPSA) is 114 Å². The molecule has 2 rings (SSSR count). The van der Waals surface area contributed by atoms with E-state index < -0.39 is 10.8 Å². The van der Waals surface area contributed by atoms with E-state index in [1.54, 1.807) is 0 Å². The Kier molecular flexibility index (Phi) is 4.69. The molecule has 1 saturated heterocycles. The molecule has 0 aliphatic carbocycles. The minimum absolute atomic E-state index is 0.0548. The molecule has 0 radical (unpaired) electrons. The summed E-state index contributed by atoms with van der Waals surface area (Å²) < 4.78 is 0. The number of nitrogens with one attached hydrogen (secondary N) is 1. The number of rotatable bonds is 5. The second-order valence-corrected chi connectivity index (χ2v) is 5.27. The molecule has 0 bridgehead atoms. The third-order valence-corrected chi connectivity index (χ3v) is 3.45. The first-order chi connectivity index (χ1) is 9.97. The fourth-order valence-corrected chi connectivity index (χ4v) is 2.49. The second kappa shape index (κ2) is 6.49. The third-order valence-electron chi connectivity index (χ3n) is 3.45. The number of amides is 1. The minimum atomic E-state index is -0.632. The third kappa shape index (κ3) is 3.88. The normalized spacial score (nSPS) is 16.6. The molecule has 21 heavy (non-hydrogen) atoms. The number of nitro groups is 1. The van der Waals surface area contributed by atoms with Crippen molar-refractivity contribution >= 4 is 17.4 Å². The summed E-state index contributed by atoms with van der Waals surface area (Å²) in [6, 6.07) is 1.14. The van der Waals surface area contributed by atoms with Gasteiger partial charge in [0.1, 0.15) is 17.6 Å². The summed E-state index contributed by atoms with van der Waals surface area (Å²) in [5.41, 5.74) is 5.11. The van der Waals surface area contributed by atoms with Gasteiger partial charge in [0.15, 0.2) is 0 Å². The van der Waals surface area contributed by atoms with E-state index in [-0.39, 0.29) is 23.1 Å². The summed E-state index contributed by atoms with van der Waals surface area (Å²) in [7, 11) is 0. The molecular formula is C13H19N5O3. The number of aromatic nitrogens is 1. The maximum atomic E-state index is 12.2. The van der Waals surface area contributed by atoms with E-state index in [0.29, 0.717) is 0 Å². The van der Waals surface area contributed by atoms with Crippen LogP contribution in [0, 0.1) is 10.1 Å². The highest BCUT2D eigenvalue weighted by Crippen LogP contribution is 2.19. The van der Waals surface area contributed by atoms with Crippen LogP contribution < -0.4 is 11.1 Å². The largest absolute Gasteiger partial charge is 0.384 e. The van der Waals surface area contributed by atoms with Gasteiger partial charge >= 0.3 is 0 Å². The van der Waals surface area contributed by atoms with Gasteiger partial charge in [-0.15, -0.1) is 0 Å². The van der Waals surface area contributed by atoms with Crippen molar-refractivity contribution in [3.8, 4) is 0 Å². The predicted octanol–water partition coefficient (Wildman–Crippen LogP) is 0.786. The van der Waals surface area contributed by atoms with Crippen LogP contribution in [0.1, 0.15) is 30.1 Å². The van der Waals surface area contributed by atoms with Crippen molar-refractivity contribution in [2.24, 2.45) is 0 Å². The molecule has 1 unspecified atom stereocenters. The van der Waals surface area contributed by atoms with E-state index in [4.69, 9.17) is 5.73 Å². The molecule has 114 valence electrons.